The zero-order chi connectivity index (χ0) is 15.3. The number of hydrogen-bond donors (Lipinski definition) is 1. The summed E-state index contributed by atoms with van der Waals surface area (Å²) in [5.41, 5.74) is 1.35. The van der Waals surface area contributed by atoms with Gasteiger partial charge in [-0.3, -0.25) is 0 Å². The zero-order valence-corrected chi connectivity index (χ0v) is 13.3. The Balaban J connectivity index is 1.77. The van der Waals surface area contributed by atoms with Crippen molar-refractivity contribution in [2.75, 3.05) is 65.9 Å². The second-order valence-corrected chi connectivity index (χ2v) is 5.36. The van der Waals surface area contributed by atoms with Gasteiger partial charge in [0.05, 0.1) is 52.9 Å². The number of quaternary nitrogens is 1. The van der Waals surface area contributed by atoms with Crippen LogP contribution in [0.1, 0.15) is 5.56 Å². The van der Waals surface area contributed by atoms with E-state index in [1.165, 1.54) is 10.5 Å². The lowest BCUT2D eigenvalue weighted by Gasteiger charge is -2.19. The predicted molar refractivity (Wildman–Crippen MR) is 84.1 cm³/mol. The summed E-state index contributed by atoms with van der Waals surface area (Å²) in [6.07, 6.45) is 0. The van der Waals surface area contributed by atoms with E-state index in [0.29, 0.717) is 39.6 Å². The first-order chi connectivity index (χ1) is 10.9. The average molecular weight is 310 g/mol. The molecule has 124 valence electrons. The minimum atomic E-state index is 0.620. The molecular formula is C17H28NO4+. The second-order valence-electron chi connectivity index (χ2n) is 5.36. The van der Waals surface area contributed by atoms with Gasteiger partial charge in [0.2, 0.25) is 0 Å². The number of hydrogen-bond acceptors (Lipinski definition) is 4. The number of nitrogens with one attached hydrogen (secondary N) is 1. The summed E-state index contributed by atoms with van der Waals surface area (Å²) < 4.78 is 22.2. The molecule has 1 fully saturated rings. The van der Waals surface area contributed by atoms with Crippen LogP contribution in [0, 0.1) is 0 Å². The fourth-order valence-electron chi connectivity index (χ4n) is 2.38. The first-order valence-corrected chi connectivity index (χ1v) is 8.13. The molecule has 0 radical (unpaired) electrons. The molecule has 22 heavy (non-hydrogen) atoms. The van der Waals surface area contributed by atoms with Crippen molar-refractivity contribution in [3.63, 3.8) is 0 Å². The lowest BCUT2D eigenvalue weighted by Crippen LogP contribution is -3.11. The summed E-state index contributed by atoms with van der Waals surface area (Å²) in [6.45, 7) is 8.27. The maximum Gasteiger partial charge on any atom is 0.103 e. The summed E-state index contributed by atoms with van der Waals surface area (Å²) in [5, 5.41) is 0. The van der Waals surface area contributed by atoms with Gasteiger partial charge in [-0.1, -0.05) is 30.3 Å². The molecule has 0 spiro atoms. The van der Waals surface area contributed by atoms with Gasteiger partial charge >= 0.3 is 0 Å². The Morgan fingerprint density at radius 3 is 1.59 bits per heavy atom. The van der Waals surface area contributed by atoms with Gasteiger partial charge in [-0.15, -0.1) is 0 Å². The molecule has 1 saturated heterocycles. The summed E-state index contributed by atoms with van der Waals surface area (Å²) >= 11 is 0. The molecule has 1 heterocycles. The van der Waals surface area contributed by atoms with E-state index in [9.17, 15) is 0 Å². The van der Waals surface area contributed by atoms with Crippen molar-refractivity contribution in [3.8, 4) is 0 Å². The van der Waals surface area contributed by atoms with E-state index >= 15 is 0 Å². The molecule has 1 aromatic carbocycles. The summed E-state index contributed by atoms with van der Waals surface area (Å²) in [7, 11) is 0. The van der Waals surface area contributed by atoms with E-state index in [1.807, 2.05) is 0 Å². The Morgan fingerprint density at radius 1 is 0.636 bits per heavy atom. The van der Waals surface area contributed by atoms with Crippen LogP contribution in [-0.4, -0.2) is 65.9 Å². The van der Waals surface area contributed by atoms with E-state index < -0.39 is 0 Å². The maximum atomic E-state index is 5.65. The van der Waals surface area contributed by atoms with Crippen molar-refractivity contribution in [2.45, 2.75) is 6.54 Å². The topological polar surface area (TPSA) is 41.4 Å². The molecule has 1 aliphatic heterocycles. The Hall–Kier alpha value is -0.980. The van der Waals surface area contributed by atoms with Gasteiger partial charge in [-0.25, -0.2) is 0 Å². The molecule has 0 amide bonds. The monoisotopic (exact) mass is 310 g/mol. The Kier molecular flexibility index (Phi) is 9.14. The van der Waals surface area contributed by atoms with Crippen LogP contribution in [0.15, 0.2) is 30.3 Å². The number of benzene rings is 1. The van der Waals surface area contributed by atoms with E-state index in [4.69, 9.17) is 18.9 Å². The van der Waals surface area contributed by atoms with Crippen molar-refractivity contribution < 1.29 is 23.8 Å². The SMILES string of the molecule is c1ccc(C[NH+]2CCOCCOCCOCCOCC2)cc1. The van der Waals surface area contributed by atoms with Crippen LogP contribution in [0.2, 0.25) is 0 Å². The predicted octanol–water partition coefficient (Wildman–Crippen LogP) is 0.152. The molecule has 0 atom stereocenters. The van der Waals surface area contributed by atoms with Gasteiger partial charge in [-0.2, -0.15) is 0 Å². The minimum absolute atomic E-state index is 0.620. The summed E-state index contributed by atoms with van der Waals surface area (Å²) in [5.74, 6) is 0. The lowest BCUT2D eigenvalue weighted by molar-refractivity contribution is -0.914. The molecule has 5 nitrogen and oxygen atoms in total. The van der Waals surface area contributed by atoms with Crippen LogP contribution in [0.5, 0.6) is 0 Å². The van der Waals surface area contributed by atoms with Gasteiger partial charge in [-0.05, 0) is 0 Å². The van der Waals surface area contributed by atoms with Crippen molar-refractivity contribution in [1.29, 1.82) is 0 Å². The highest BCUT2D eigenvalue weighted by Crippen LogP contribution is 1.95. The van der Waals surface area contributed by atoms with Crippen molar-refractivity contribution in [2.24, 2.45) is 0 Å². The Labute approximate surface area is 133 Å². The number of ether oxygens (including phenoxy) is 4. The molecule has 1 N–H and O–H groups in total. The Bertz CT molecular complexity index is 358. The van der Waals surface area contributed by atoms with Gasteiger partial charge in [0.1, 0.15) is 19.6 Å². The fourth-order valence-corrected chi connectivity index (χ4v) is 2.38. The standard InChI is InChI=1S/C17H27NO4/c1-2-4-17(5-3-1)16-18-6-8-19-10-12-21-14-15-22-13-11-20-9-7-18/h1-5H,6-16H2/p+1. The lowest BCUT2D eigenvalue weighted by atomic mass is 10.2. The van der Waals surface area contributed by atoms with E-state index in [1.54, 1.807) is 0 Å². The van der Waals surface area contributed by atoms with Crippen molar-refractivity contribution >= 4 is 0 Å². The van der Waals surface area contributed by atoms with Crippen LogP contribution >= 0.6 is 0 Å². The van der Waals surface area contributed by atoms with Gasteiger partial charge in [0, 0.05) is 5.56 Å². The summed E-state index contributed by atoms with van der Waals surface area (Å²) in [6, 6.07) is 10.6. The summed E-state index contributed by atoms with van der Waals surface area (Å²) in [4.78, 5) is 1.47. The maximum absolute atomic E-state index is 5.65. The van der Waals surface area contributed by atoms with Crippen molar-refractivity contribution in [3.05, 3.63) is 35.9 Å². The molecule has 5 heteroatoms. The fraction of sp³-hybridized carbons (Fsp3) is 0.647. The molecular weight excluding hydrogens is 282 g/mol. The van der Waals surface area contributed by atoms with Crippen LogP contribution in [0.3, 0.4) is 0 Å². The third kappa shape index (κ3) is 7.87. The van der Waals surface area contributed by atoms with Crippen LogP contribution in [0.4, 0.5) is 0 Å². The van der Waals surface area contributed by atoms with E-state index in [-0.39, 0.29) is 0 Å². The Morgan fingerprint density at radius 2 is 1.09 bits per heavy atom. The first kappa shape index (κ1) is 17.4. The third-order valence-electron chi connectivity index (χ3n) is 3.61. The zero-order valence-electron chi connectivity index (χ0n) is 13.3. The van der Waals surface area contributed by atoms with Gasteiger partial charge < -0.3 is 23.8 Å². The molecule has 0 aliphatic carbocycles. The highest BCUT2D eigenvalue weighted by atomic mass is 16.6. The highest BCUT2D eigenvalue weighted by Gasteiger charge is 2.10. The van der Waals surface area contributed by atoms with Gasteiger partial charge in [0.15, 0.2) is 0 Å². The third-order valence-corrected chi connectivity index (χ3v) is 3.61. The quantitative estimate of drug-likeness (QED) is 0.844. The molecule has 0 unspecified atom stereocenters. The molecule has 1 aliphatic rings. The largest absolute Gasteiger partial charge is 0.377 e. The average Bonchev–Trinajstić information content (AvgIpc) is 2.56. The van der Waals surface area contributed by atoms with Crippen LogP contribution in [0.25, 0.3) is 0 Å². The highest BCUT2D eigenvalue weighted by molar-refractivity contribution is 5.13. The molecule has 1 aromatic rings. The van der Waals surface area contributed by atoms with Crippen molar-refractivity contribution in [1.82, 2.24) is 0 Å². The van der Waals surface area contributed by atoms with E-state index in [0.717, 1.165) is 32.8 Å². The molecule has 2 rings (SSSR count). The van der Waals surface area contributed by atoms with Gasteiger partial charge in [0.25, 0.3) is 0 Å². The molecule has 0 aromatic heterocycles. The molecule has 0 saturated carbocycles. The normalized spacial score (nSPS) is 20.9. The minimum Gasteiger partial charge on any atom is -0.377 e. The van der Waals surface area contributed by atoms with Crippen LogP contribution < -0.4 is 4.90 Å². The second kappa shape index (κ2) is 11.6. The molecule has 0 bridgehead atoms. The first-order valence-electron chi connectivity index (χ1n) is 8.13. The van der Waals surface area contributed by atoms with E-state index in [2.05, 4.69) is 30.3 Å². The smallest absolute Gasteiger partial charge is 0.103 e. The number of rotatable bonds is 2. The van der Waals surface area contributed by atoms with Crippen LogP contribution in [-0.2, 0) is 25.5 Å².